The number of rotatable bonds is 7. The summed E-state index contributed by atoms with van der Waals surface area (Å²) in [4.78, 5) is 0. The molecule has 1 saturated heterocycles. The van der Waals surface area contributed by atoms with E-state index in [1.54, 1.807) is 0 Å². The minimum atomic E-state index is 0.251. The zero-order chi connectivity index (χ0) is 14.4. The molecule has 0 radical (unpaired) electrons. The first-order chi connectivity index (χ1) is 9.70. The Labute approximate surface area is 122 Å². The van der Waals surface area contributed by atoms with Crippen molar-refractivity contribution in [3.8, 4) is 5.75 Å². The fraction of sp³-hybridized carbons (Fsp3) is 0.647. The molecule has 2 rings (SSSR count). The van der Waals surface area contributed by atoms with Crippen molar-refractivity contribution in [3.05, 3.63) is 29.8 Å². The van der Waals surface area contributed by atoms with Gasteiger partial charge in [-0.15, -0.1) is 0 Å². The van der Waals surface area contributed by atoms with Gasteiger partial charge in [0.05, 0.1) is 12.2 Å². The second-order valence-corrected chi connectivity index (χ2v) is 5.64. The van der Waals surface area contributed by atoms with Crippen LogP contribution in [-0.4, -0.2) is 25.4 Å². The molecule has 0 saturated carbocycles. The standard InChI is InChI=1S/C17H27NO2/c1-4-13(2)20-17-10-6-5-9-16(17)14(3)18-12-15-8-7-11-19-15/h5-6,9-10,13-15,18H,4,7-8,11-12H2,1-3H3/t13-,14-,15-/m0/s1. The molecule has 1 aliphatic rings. The predicted molar refractivity (Wildman–Crippen MR) is 82.2 cm³/mol. The van der Waals surface area contributed by atoms with Crippen molar-refractivity contribution in [2.45, 2.75) is 58.3 Å². The van der Waals surface area contributed by atoms with Crippen LogP contribution < -0.4 is 10.1 Å². The molecule has 1 aliphatic heterocycles. The lowest BCUT2D eigenvalue weighted by atomic mass is 10.1. The fourth-order valence-corrected chi connectivity index (χ4v) is 2.47. The summed E-state index contributed by atoms with van der Waals surface area (Å²) in [6.45, 7) is 8.27. The number of ether oxygens (including phenoxy) is 2. The van der Waals surface area contributed by atoms with Crippen LogP contribution in [0.3, 0.4) is 0 Å². The SMILES string of the molecule is CC[C@H](C)Oc1ccccc1[C@H](C)NC[C@@H]1CCCO1. The molecule has 3 heteroatoms. The van der Waals surface area contributed by atoms with Gasteiger partial charge in [-0.25, -0.2) is 0 Å². The molecule has 0 aromatic heterocycles. The minimum absolute atomic E-state index is 0.251. The summed E-state index contributed by atoms with van der Waals surface area (Å²) in [5, 5.41) is 3.57. The van der Waals surface area contributed by atoms with Crippen LogP contribution in [0.15, 0.2) is 24.3 Å². The molecule has 1 aromatic carbocycles. The van der Waals surface area contributed by atoms with Gasteiger partial charge >= 0.3 is 0 Å². The summed E-state index contributed by atoms with van der Waals surface area (Å²) >= 11 is 0. The van der Waals surface area contributed by atoms with E-state index in [1.807, 2.05) is 6.07 Å². The zero-order valence-corrected chi connectivity index (χ0v) is 12.9. The Bertz CT molecular complexity index is 402. The van der Waals surface area contributed by atoms with Crippen molar-refractivity contribution < 1.29 is 9.47 Å². The van der Waals surface area contributed by atoms with Crippen LogP contribution in [0.1, 0.15) is 51.6 Å². The summed E-state index contributed by atoms with van der Waals surface area (Å²) in [6.07, 6.45) is 4.01. The number of hydrogen-bond donors (Lipinski definition) is 1. The van der Waals surface area contributed by atoms with Crippen LogP contribution in [0.4, 0.5) is 0 Å². The zero-order valence-electron chi connectivity index (χ0n) is 12.9. The van der Waals surface area contributed by atoms with Gasteiger partial charge in [0.1, 0.15) is 5.75 Å². The Kier molecular flexibility index (Phi) is 5.86. The lowest BCUT2D eigenvalue weighted by Gasteiger charge is -2.22. The van der Waals surface area contributed by atoms with Gasteiger partial charge in [-0.05, 0) is 39.2 Å². The van der Waals surface area contributed by atoms with Crippen molar-refractivity contribution in [2.24, 2.45) is 0 Å². The van der Waals surface area contributed by atoms with Crippen LogP contribution in [0.5, 0.6) is 5.75 Å². The van der Waals surface area contributed by atoms with E-state index < -0.39 is 0 Å². The first-order valence-corrected chi connectivity index (χ1v) is 7.81. The number of para-hydroxylation sites is 1. The lowest BCUT2D eigenvalue weighted by Crippen LogP contribution is -2.29. The van der Waals surface area contributed by atoms with E-state index >= 15 is 0 Å². The Balaban J connectivity index is 1.95. The number of nitrogens with one attached hydrogen (secondary N) is 1. The molecule has 1 fully saturated rings. The lowest BCUT2D eigenvalue weighted by molar-refractivity contribution is 0.108. The molecule has 1 heterocycles. The van der Waals surface area contributed by atoms with E-state index in [9.17, 15) is 0 Å². The molecule has 3 nitrogen and oxygen atoms in total. The normalized spacial score (nSPS) is 21.6. The van der Waals surface area contributed by atoms with Gasteiger partial charge in [0.25, 0.3) is 0 Å². The Hall–Kier alpha value is -1.06. The molecular formula is C17H27NO2. The van der Waals surface area contributed by atoms with Gasteiger partial charge < -0.3 is 14.8 Å². The Morgan fingerprint density at radius 2 is 2.15 bits per heavy atom. The van der Waals surface area contributed by atoms with Crippen molar-refractivity contribution in [2.75, 3.05) is 13.2 Å². The largest absolute Gasteiger partial charge is 0.490 e. The third-order valence-electron chi connectivity index (χ3n) is 3.96. The van der Waals surface area contributed by atoms with Crippen LogP contribution in [0, 0.1) is 0 Å². The monoisotopic (exact) mass is 277 g/mol. The second kappa shape index (κ2) is 7.65. The highest BCUT2D eigenvalue weighted by molar-refractivity contribution is 5.35. The molecule has 20 heavy (non-hydrogen) atoms. The molecule has 1 aromatic rings. The Morgan fingerprint density at radius 3 is 2.85 bits per heavy atom. The summed E-state index contributed by atoms with van der Waals surface area (Å²) in [6, 6.07) is 8.59. The molecule has 0 amide bonds. The van der Waals surface area contributed by atoms with Crippen LogP contribution >= 0.6 is 0 Å². The minimum Gasteiger partial charge on any atom is -0.490 e. The van der Waals surface area contributed by atoms with Gasteiger partial charge in [-0.2, -0.15) is 0 Å². The quantitative estimate of drug-likeness (QED) is 0.824. The maximum absolute atomic E-state index is 6.02. The fourth-order valence-electron chi connectivity index (χ4n) is 2.47. The molecule has 0 unspecified atom stereocenters. The van der Waals surface area contributed by atoms with E-state index in [-0.39, 0.29) is 12.1 Å². The van der Waals surface area contributed by atoms with Gasteiger partial charge in [-0.1, -0.05) is 25.1 Å². The van der Waals surface area contributed by atoms with Crippen molar-refractivity contribution >= 4 is 0 Å². The second-order valence-electron chi connectivity index (χ2n) is 5.64. The van der Waals surface area contributed by atoms with Crippen molar-refractivity contribution in [3.63, 3.8) is 0 Å². The first kappa shape index (κ1) is 15.3. The maximum Gasteiger partial charge on any atom is 0.124 e. The predicted octanol–water partition coefficient (Wildman–Crippen LogP) is 3.69. The van der Waals surface area contributed by atoms with Gasteiger partial charge in [0.15, 0.2) is 0 Å². The maximum atomic E-state index is 6.02. The first-order valence-electron chi connectivity index (χ1n) is 7.81. The van der Waals surface area contributed by atoms with Crippen molar-refractivity contribution in [1.29, 1.82) is 0 Å². The van der Waals surface area contributed by atoms with Crippen LogP contribution in [0.2, 0.25) is 0 Å². The van der Waals surface area contributed by atoms with E-state index in [1.165, 1.54) is 18.4 Å². The summed E-state index contributed by atoms with van der Waals surface area (Å²) in [7, 11) is 0. The molecule has 3 atom stereocenters. The van der Waals surface area contributed by atoms with Gasteiger partial charge in [0.2, 0.25) is 0 Å². The van der Waals surface area contributed by atoms with E-state index in [0.717, 1.165) is 25.3 Å². The molecule has 112 valence electrons. The average Bonchev–Trinajstić information content (AvgIpc) is 2.98. The third-order valence-corrected chi connectivity index (χ3v) is 3.96. The van der Waals surface area contributed by atoms with Gasteiger partial charge in [-0.3, -0.25) is 0 Å². The van der Waals surface area contributed by atoms with Crippen LogP contribution in [-0.2, 0) is 4.74 Å². The van der Waals surface area contributed by atoms with Crippen molar-refractivity contribution in [1.82, 2.24) is 5.32 Å². The Morgan fingerprint density at radius 1 is 1.35 bits per heavy atom. The summed E-state index contributed by atoms with van der Waals surface area (Å²) in [5.74, 6) is 0.995. The molecule has 0 bridgehead atoms. The third kappa shape index (κ3) is 4.22. The summed E-state index contributed by atoms with van der Waals surface area (Å²) in [5.41, 5.74) is 1.23. The van der Waals surface area contributed by atoms with Gasteiger partial charge in [0, 0.05) is 24.8 Å². The average molecular weight is 277 g/mol. The number of hydrogen-bond acceptors (Lipinski definition) is 3. The highest BCUT2D eigenvalue weighted by atomic mass is 16.5. The molecule has 0 spiro atoms. The van der Waals surface area contributed by atoms with E-state index in [0.29, 0.717) is 6.10 Å². The molecule has 0 aliphatic carbocycles. The molecular weight excluding hydrogens is 250 g/mol. The molecule has 1 N–H and O–H groups in total. The summed E-state index contributed by atoms with van der Waals surface area (Å²) < 4.78 is 11.7. The highest BCUT2D eigenvalue weighted by Crippen LogP contribution is 2.26. The van der Waals surface area contributed by atoms with E-state index in [4.69, 9.17) is 9.47 Å². The highest BCUT2D eigenvalue weighted by Gasteiger charge is 2.18. The number of benzene rings is 1. The van der Waals surface area contributed by atoms with Crippen LogP contribution in [0.25, 0.3) is 0 Å². The smallest absolute Gasteiger partial charge is 0.124 e. The van der Waals surface area contributed by atoms with E-state index in [2.05, 4.69) is 44.3 Å². The topological polar surface area (TPSA) is 30.5 Å².